The second kappa shape index (κ2) is 4.91. The molecular formula is C13H12N4O3S. The molecule has 2 aliphatic rings. The third-order valence-corrected chi connectivity index (χ3v) is 5.14. The molecule has 1 unspecified atom stereocenters. The summed E-state index contributed by atoms with van der Waals surface area (Å²) in [6, 6.07) is 6.63. The molecule has 21 heavy (non-hydrogen) atoms. The molecule has 3 rings (SSSR count). The molecule has 0 saturated carbocycles. The van der Waals surface area contributed by atoms with Crippen molar-refractivity contribution in [1.82, 2.24) is 4.90 Å². The maximum atomic E-state index is 12.1. The lowest BCUT2D eigenvalue weighted by Crippen LogP contribution is -2.23. The Labute approximate surface area is 121 Å². The fourth-order valence-electron chi connectivity index (χ4n) is 2.70. The molecule has 2 heterocycles. The van der Waals surface area contributed by atoms with E-state index in [0.29, 0.717) is 17.8 Å². The first-order valence-electron chi connectivity index (χ1n) is 6.40. The predicted octanol–water partition coefficient (Wildman–Crippen LogP) is 1.93. The monoisotopic (exact) mass is 304 g/mol. The molecule has 1 aromatic rings. The predicted molar refractivity (Wildman–Crippen MR) is 75.4 cm³/mol. The summed E-state index contributed by atoms with van der Waals surface area (Å²) in [7, 11) is -3.49. The van der Waals surface area contributed by atoms with Gasteiger partial charge in [-0.3, -0.25) is 4.79 Å². The molecule has 0 aliphatic carbocycles. The van der Waals surface area contributed by atoms with Crippen LogP contribution in [-0.4, -0.2) is 32.3 Å². The number of nitrogens with zero attached hydrogens (tertiary/aromatic N) is 4. The molecule has 0 bridgehead atoms. The first kappa shape index (κ1) is 13.7. The summed E-state index contributed by atoms with van der Waals surface area (Å²) < 4.78 is 24.2. The van der Waals surface area contributed by atoms with Gasteiger partial charge < -0.3 is 4.90 Å². The van der Waals surface area contributed by atoms with Gasteiger partial charge in [0.2, 0.25) is 15.7 Å². The average molecular weight is 304 g/mol. The number of hydrogen-bond donors (Lipinski definition) is 0. The molecule has 0 aromatic heterocycles. The normalized spacial score (nSPS) is 22.7. The van der Waals surface area contributed by atoms with Gasteiger partial charge in [0.1, 0.15) is 0 Å². The summed E-state index contributed by atoms with van der Waals surface area (Å²) in [6.45, 7) is 0.605. The van der Waals surface area contributed by atoms with Gasteiger partial charge in [0.05, 0.1) is 16.0 Å². The molecule has 0 spiro atoms. The van der Waals surface area contributed by atoms with Crippen LogP contribution in [0.15, 0.2) is 39.7 Å². The first-order chi connectivity index (χ1) is 10.0. The van der Waals surface area contributed by atoms with Crippen LogP contribution < -0.4 is 0 Å². The van der Waals surface area contributed by atoms with Crippen molar-refractivity contribution < 1.29 is 13.2 Å². The van der Waals surface area contributed by atoms with Crippen molar-refractivity contribution in [2.24, 2.45) is 11.0 Å². The van der Waals surface area contributed by atoms with E-state index >= 15 is 0 Å². The van der Waals surface area contributed by atoms with Crippen molar-refractivity contribution in [1.29, 1.82) is 0 Å². The van der Waals surface area contributed by atoms with Crippen LogP contribution in [0.3, 0.4) is 0 Å². The van der Waals surface area contributed by atoms with E-state index in [1.54, 1.807) is 18.2 Å². The topological polar surface area (TPSA) is 103 Å². The van der Waals surface area contributed by atoms with E-state index in [1.807, 2.05) is 0 Å². The Morgan fingerprint density at radius 2 is 2.14 bits per heavy atom. The van der Waals surface area contributed by atoms with Crippen LogP contribution in [-0.2, 0) is 14.6 Å². The first-order valence-corrected chi connectivity index (χ1v) is 7.95. The molecule has 1 fully saturated rings. The van der Waals surface area contributed by atoms with Crippen LogP contribution in [0.2, 0.25) is 0 Å². The molecule has 8 heteroatoms. The zero-order valence-electron chi connectivity index (χ0n) is 11.0. The number of amides is 1. The lowest BCUT2D eigenvalue weighted by atomic mass is 10.1. The van der Waals surface area contributed by atoms with Gasteiger partial charge in [-0.2, -0.15) is 0 Å². The summed E-state index contributed by atoms with van der Waals surface area (Å²) in [5.74, 6) is -0.226. The number of sulfone groups is 1. The number of fused-ring (bicyclic) bond motifs is 1. The Morgan fingerprint density at radius 3 is 2.90 bits per heavy atom. The Bertz CT molecular complexity index is 793. The van der Waals surface area contributed by atoms with E-state index in [1.165, 1.54) is 11.0 Å². The van der Waals surface area contributed by atoms with Crippen molar-refractivity contribution in [3.8, 4) is 0 Å². The van der Waals surface area contributed by atoms with E-state index < -0.39 is 9.84 Å². The Hall–Kier alpha value is -2.31. The molecule has 1 atom stereocenters. The van der Waals surface area contributed by atoms with Crippen LogP contribution in [0.5, 0.6) is 0 Å². The molecular weight excluding hydrogens is 292 g/mol. The summed E-state index contributed by atoms with van der Waals surface area (Å²) in [6.07, 6.45) is 0.262. The third kappa shape index (κ3) is 2.28. The number of azide groups is 1. The van der Waals surface area contributed by atoms with Crippen molar-refractivity contribution in [2.45, 2.75) is 11.3 Å². The van der Waals surface area contributed by atoms with Crippen LogP contribution in [0, 0.1) is 5.92 Å². The Balaban J connectivity index is 1.95. The summed E-state index contributed by atoms with van der Waals surface area (Å²) >= 11 is 0. The van der Waals surface area contributed by atoms with Gasteiger partial charge in [0.25, 0.3) is 0 Å². The zero-order valence-corrected chi connectivity index (χ0v) is 11.8. The Morgan fingerprint density at radius 1 is 1.38 bits per heavy atom. The maximum Gasteiger partial charge on any atom is 0.227 e. The number of likely N-dealkylation sites (tertiary alicyclic amines) is 1. The number of carbonyl (C=O) groups excluding carboxylic acids is 1. The largest absolute Gasteiger partial charge is 0.311 e. The molecule has 108 valence electrons. The van der Waals surface area contributed by atoms with Gasteiger partial charge >= 0.3 is 0 Å². The zero-order chi connectivity index (χ0) is 15.0. The molecule has 0 radical (unpaired) electrons. The minimum absolute atomic E-state index is 0.0789. The van der Waals surface area contributed by atoms with E-state index in [0.717, 1.165) is 5.41 Å². The fourth-order valence-corrected chi connectivity index (χ4v) is 4.12. The highest BCUT2D eigenvalue weighted by Crippen LogP contribution is 2.38. The summed E-state index contributed by atoms with van der Waals surface area (Å²) in [5, 5.41) is 4.63. The minimum atomic E-state index is -3.49. The van der Waals surface area contributed by atoms with Gasteiger partial charge in [-0.1, -0.05) is 23.3 Å². The summed E-state index contributed by atoms with van der Waals surface area (Å²) in [4.78, 5) is 16.5. The molecule has 7 nitrogen and oxygen atoms in total. The van der Waals surface area contributed by atoms with Gasteiger partial charge in [-0.15, -0.1) is 0 Å². The molecule has 0 N–H and O–H groups in total. The van der Waals surface area contributed by atoms with Crippen molar-refractivity contribution in [3.05, 3.63) is 45.7 Å². The van der Waals surface area contributed by atoms with Crippen LogP contribution in [0.1, 0.15) is 12.0 Å². The van der Waals surface area contributed by atoms with Crippen LogP contribution >= 0.6 is 0 Å². The molecule has 1 saturated heterocycles. The third-order valence-electron chi connectivity index (χ3n) is 3.64. The number of carbonyl (C=O) groups is 1. The standard InChI is InChI=1S/C13H12N4O3S/c14-16-15-6-9-5-13(18)17(7-9)11-8-21(19,20)12-4-2-1-3-10(11)12/h1-4,8-9H,5-7H2. The number of hydrogen-bond acceptors (Lipinski definition) is 4. The SMILES string of the molecule is [N-]=[N+]=NCC1CC(=O)N(C2=CS(=O)(=O)c3ccccc32)C1. The Kier molecular flexibility index (Phi) is 3.19. The van der Waals surface area contributed by atoms with E-state index in [2.05, 4.69) is 10.0 Å². The van der Waals surface area contributed by atoms with E-state index in [9.17, 15) is 13.2 Å². The second-order valence-electron chi connectivity index (χ2n) is 5.03. The highest BCUT2D eigenvalue weighted by molar-refractivity contribution is 7.95. The van der Waals surface area contributed by atoms with Gasteiger partial charge in [0.15, 0.2) is 0 Å². The van der Waals surface area contributed by atoms with Gasteiger partial charge in [-0.05, 0) is 17.5 Å². The van der Waals surface area contributed by atoms with E-state index in [-0.39, 0.29) is 29.7 Å². The second-order valence-corrected chi connectivity index (χ2v) is 6.80. The van der Waals surface area contributed by atoms with Crippen molar-refractivity contribution in [3.63, 3.8) is 0 Å². The fraction of sp³-hybridized carbons (Fsp3) is 0.308. The van der Waals surface area contributed by atoms with Crippen molar-refractivity contribution in [2.75, 3.05) is 13.1 Å². The van der Waals surface area contributed by atoms with E-state index in [4.69, 9.17) is 5.53 Å². The smallest absolute Gasteiger partial charge is 0.227 e. The maximum absolute atomic E-state index is 12.1. The summed E-state index contributed by atoms with van der Waals surface area (Å²) in [5.41, 5.74) is 9.30. The molecule has 1 amide bonds. The highest BCUT2D eigenvalue weighted by Gasteiger charge is 2.37. The minimum Gasteiger partial charge on any atom is -0.311 e. The van der Waals surface area contributed by atoms with Crippen LogP contribution in [0.25, 0.3) is 16.1 Å². The lowest BCUT2D eigenvalue weighted by molar-refractivity contribution is -0.125. The average Bonchev–Trinajstić information content (AvgIpc) is 2.95. The molecule has 2 aliphatic heterocycles. The lowest BCUT2D eigenvalue weighted by Gasteiger charge is -2.18. The van der Waals surface area contributed by atoms with Crippen molar-refractivity contribution >= 4 is 21.4 Å². The van der Waals surface area contributed by atoms with Gasteiger partial charge in [-0.25, -0.2) is 8.42 Å². The number of rotatable bonds is 3. The quantitative estimate of drug-likeness (QED) is 0.484. The molecule has 1 aromatic carbocycles. The van der Waals surface area contributed by atoms with Crippen LogP contribution in [0.4, 0.5) is 0 Å². The number of benzene rings is 1. The highest BCUT2D eigenvalue weighted by atomic mass is 32.2. The van der Waals surface area contributed by atoms with Gasteiger partial charge in [0, 0.05) is 30.0 Å².